The van der Waals surface area contributed by atoms with Crippen molar-refractivity contribution >= 4 is 10.0 Å². The number of nitrogens with zero attached hydrogens (tertiary/aromatic N) is 1. The molecule has 5 heteroatoms. The molecule has 19 heavy (non-hydrogen) atoms. The Bertz CT molecular complexity index is 584. The minimum absolute atomic E-state index is 0.153. The number of hydrogen-bond acceptors (Lipinski definition) is 2. The number of sulfonamides is 1. The average Bonchev–Trinajstić information content (AvgIpc) is 2.41. The fourth-order valence-corrected chi connectivity index (χ4v) is 3.78. The molecule has 102 valence electrons. The summed E-state index contributed by atoms with van der Waals surface area (Å²) in [6, 6.07) is 5.96. The van der Waals surface area contributed by atoms with Crippen LogP contribution in [-0.4, -0.2) is 25.8 Å². The molecule has 0 radical (unpaired) electrons. The topological polar surface area (TPSA) is 37.4 Å². The Kier molecular flexibility index (Phi) is 4.23. The molecule has 0 atom stereocenters. The number of benzene rings is 1. The fraction of sp³-hybridized carbons (Fsp3) is 0.429. The molecule has 0 saturated carbocycles. The molecule has 1 aliphatic heterocycles. The lowest BCUT2D eigenvalue weighted by Crippen LogP contribution is -2.38. The smallest absolute Gasteiger partial charge is 0.212 e. The van der Waals surface area contributed by atoms with Gasteiger partial charge in [0.1, 0.15) is 5.82 Å². The van der Waals surface area contributed by atoms with Crippen LogP contribution in [0.4, 0.5) is 4.39 Å². The maximum absolute atomic E-state index is 13.5. The SMILES string of the molecule is C#CC1CCN(S(=O)(=O)Cc2ccccc2F)CC1. The first kappa shape index (κ1) is 14.0. The van der Waals surface area contributed by atoms with Gasteiger partial charge in [0.15, 0.2) is 0 Å². The minimum Gasteiger partial charge on any atom is -0.212 e. The fourth-order valence-electron chi connectivity index (χ4n) is 2.20. The van der Waals surface area contributed by atoms with Crippen LogP contribution in [0.1, 0.15) is 18.4 Å². The van der Waals surface area contributed by atoms with Gasteiger partial charge in [0.25, 0.3) is 0 Å². The normalized spacial score (nSPS) is 18.1. The van der Waals surface area contributed by atoms with E-state index in [1.807, 2.05) is 0 Å². The first-order valence-electron chi connectivity index (χ1n) is 6.20. The molecule has 0 spiro atoms. The molecule has 1 aromatic carbocycles. The summed E-state index contributed by atoms with van der Waals surface area (Å²) < 4.78 is 39.3. The molecule has 1 aromatic rings. The third-order valence-electron chi connectivity index (χ3n) is 3.38. The van der Waals surface area contributed by atoms with Gasteiger partial charge in [-0.15, -0.1) is 12.3 Å². The standard InChI is InChI=1S/C14H16FNO2S/c1-2-12-7-9-16(10-8-12)19(17,18)11-13-5-3-4-6-14(13)15/h1,3-6,12H,7-11H2. The van der Waals surface area contributed by atoms with E-state index < -0.39 is 15.8 Å². The Labute approximate surface area is 113 Å². The predicted molar refractivity (Wildman–Crippen MR) is 72.2 cm³/mol. The summed E-state index contributed by atoms with van der Waals surface area (Å²) in [5, 5.41) is 0. The molecule has 0 aliphatic carbocycles. The zero-order valence-corrected chi connectivity index (χ0v) is 11.4. The minimum atomic E-state index is -3.47. The van der Waals surface area contributed by atoms with Crippen LogP contribution in [0.5, 0.6) is 0 Å². The Morgan fingerprint density at radius 1 is 1.32 bits per heavy atom. The van der Waals surface area contributed by atoms with Gasteiger partial charge in [0.05, 0.1) is 5.75 Å². The van der Waals surface area contributed by atoms with Crippen LogP contribution in [0, 0.1) is 24.1 Å². The first-order chi connectivity index (χ1) is 9.03. The molecule has 0 unspecified atom stereocenters. The molecule has 1 fully saturated rings. The lowest BCUT2D eigenvalue weighted by atomic mass is 10.00. The van der Waals surface area contributed by atoms with Crippen LogP contribution in [0.25, 0.3) is 0 Å². The molecule has 0 N–H and O–H groups in total. The van der Waals surface area contributed by atoms with Gasteiger partial charge in [0.2, 0.25) is 10.0 Å². The molecule has 2 rings (SSSR count). The zero-order valence-electron chi connectivity index (χ0n) is 10.5. The Hall–Kier alpha value is -1.38. The molecule has 0 bridgehead atoms. The highest BCUT2D eigenvalue weighted by atomic mass is 32.2. The number of halogens is 1. The van der Waals surface area contributed by atoms with E-state index in [2.05, 4.69) is 5.92 Å². The number of piperidine rings is 1. The zero-order chi connectivity index (χ0) is 13.9. The van der Waals surface area contributed by atoms with E-state index in [4.69, 9.17) is 6.42 Å². The molecular formula is C14H16FNO2S. The van der Waals surface area contributed by atoms with Gasteiger partial charge in [-0.3, -0.25) is 0 Å². The van der Waals surface area contributed by atoms with Crippen molar-refractivity contribution in [3.05, 3.63) is 35.6 Å². The largest absolute Gasteiger partial charge is 0.218 e. The van der Waals surface area contributed by atoms with Crippen molar-refractivity contribution in [1.29, 1.82) is 0 Å². The summed E-state index contributed by atoms with van der Waals surface area (Å²) in [6.45, 7) is 0.845. The van der Waals surface area contributed by atoms with Gasteiger partial charge in [-0.05, 0) is 18.9 Å². The van der Waals surface area contributed by atoms with Gasteiger partial charge in [0, 0.05) is 24.6 Å². The summed E-state index contributed by atoms with van der Waals surface area (Å²) in [5.74, 6) is 2.03. The molecule has 1 heterocycles. The summed E-state index contributed by atoms with van der Waals surface area (Å²) in [7, 11) is -3.47. The highest BCUT2D eigenvalue weighted by molar-refractivity contribution is 7.88. The maximum Gasteiger partial charge on any atom is 0.218 e. The van der Waals surface area contributed by atoms with E-state index in [0.29, 0.717) is 25.9 Å². The van der Waals surface area contributed by atoms with Gasteiger partial charge in [-0.25, -0.2) is 17.1 Å². The third-order valence-corrected chi connectivity index (χ3v) is 5.21. The van der Waals surface area contributed by atoms with Crippen LogP contribution in [-0.2, 0) is 15.8 Å². The third kappa shape index (κ3) is 3.34. The number of terminal acetylenes is 1. The van der Waals surface area contributed by atoms with Crippen LogP contribution in [0.2, 0.25) is 0 Å². The second-order valence-corrected chi connectivity index (χ2v) is 6.66. The predicted octanol–water partition coefficient (Wildman–Crippen LogP) is 2.00. The van der Waals surface area contributed by atoms with Crippen molar-refractivity contribution in [2.24, 2.45) is 5.92 Å². The van der Waals surface area contributed by atoms with E-state index in [9.17, 15) is 12.8 Å². The van der Waals surface area contributed by atoms with E-state index in [-0.39, 0.29) is 17.2 Å². The quantitative estimate of drug-likeness (QED) is 0.795. The molecular weight excluding hydrogens is 265 g/mol. The summed E-state index contributed by atoms with van der Waals surface area (Å²) in [5.41, 5.74) is 0.210. The van der Waals surface area contributed by atoms with E-state index in [0.717, 1.165) is 0 Å². The molecule has 0 amide bonds. The second kappa shape index (κ2) is 5.72. The van der Waals surface area contributed by atoms with Crippen LogP contribution in [0.3, 0.4) is 0 Å². The molecule has 1 aliphatic rings. The van der Waals surface area contributed by atoms with Crippen molar-refractivity contribution in [3.8, 4) is 12.3 Å². The van der Waals surface area contributed by atoms with Crippen molar-refractivity contribution < 1.29 is 12.8 Å². The molecule has 1 saturated heterocycles. The highest BCUT2D eigenvalue weighted by Crippen LogP contribution is 2.21. The van der Waals surface area contributed by atoms with Crippen LogP contribution < -0.4 is 0 Å². The van der Waals surface area contributed by atoms with Gasteiger partial charge < -0.3 is 0 Å². The number of hydrogen-bond donors (Lipinski definition) is 0. The van der Waals surface area contributed by atoms with Crippen LogP contribution >= 0.6 is 0 Å². The maximum atomic E-state index is 13.5. The highest BCUT2D eigenvalue weighted by Gasteiger charge is 2.27. The molecule has 0 aromatic heterocycles. The van der Waals surface area contributed by atoms with E-state index >= 15 is 0 Å². The lowest BCUT2D eigenvalue weighted by Gasteiger charge is -2.29. The second-order valence-electron chi connectivity index (χ2n) is 4.69. The van der Waals surface area contributed by atoms with Crippen molar-refractivity contribution in [2.75, 3.05) is 13.1 Å². The first-order valence-corrected chi connectivity index (χ1v) is 7.81. The van der Waals surface area contributed by atoms with Gasteiger partial charge >= 0.3 is 0 Å². The summed E-state index contributed by atoms with van der Waals surface area (Å²) in [4.78, 5) is 0. The number of rotatable bonds is 3. The van der Waals surface area contributed by atoms with Crippen molar-refractivity contribution in [3.63, 3.8) is 0 Å². The van der Waals surface area contributed by atoms with E-state index in [1.165, 1.54) is 16.4 Å². The van der Waals surface area contributed by atoms with E-state index in [1.54, 1.807) is 12.1 Å². The summed E-state index contributed by atoms with van der Waals surface area (Å²) in [6.07, 6.45) is 6.68. The Morgan fingerprint density at radius 2 is 1.95 bits per heavy atom. The van der Waals surface area contributed by atoms with Gasteiger partial charge in [-0.1, -0.05) is 18.2 Å². The van der Waals surface area contributed by atoms with Crippen molar-refractivity contribution in [2.45, 2.75) is 18.6 Å². The van der Waals surface area contributed by atoms with Crippen LogP contribution in [0.15, 0.2) is 24.3 Å². The van der Waals surface area contributed by atoms with Crippen molar-refractivity contribution in [1.82, 2.24) is 4.31 Å². The Morgan fingerprint density at radius 3 is 2.53 bits per heavy atom. The average molecular weight is 281 g/mol. The lowest BCUT2D eigenvalue weighted by molar-refractivity contribution is 0.311. The molecule has 3 nitrogen and oxygen atoms in total. The van der Waals surface area contributed by atoms with Gasteiger partial charge in [-0.2, -0.15) is 0 Å². The summed E-state index contributed by atoms with van der Waals surface area (Å²) >= 11 is 0. The monoisotopic (exact) mass is 281 g/mol. The Balaban J connectivity index is 2.08.